The Balaban J connectivity index is 1.58. The molecule has 27 heavy (non-hydrogen) atoms. The highest BCUT2D eigenvalue weighted by Crippen LogP contribution is 2.44. The maximum absolute atomic E-state index is 12.0. The van der Waals surface area contributed by atoms with E-state index in [4.69, 9.17) is 9.47 Å². The van der Waals surface area contributed by atoms with Crippen LogP contribution in [0.3, 0.4) is 0 Å². The topological polar surface area (TPSA) is 64.6 Å². The molecule has 1 N–H and O–H groups in total. The summed E-state index contributed by atoms with van der Waals surface area (Å²) in [7, 11) is 0. The van der Waals surface area contributed by atoms with Gasteiger partial charge in [-0.2, -0.15) is 0 Å². The van der Waals surface area contributed by atoms with Gasteiger partial charge in [0, 0.05) is 5.92 Å². The largest absolute Gasteiger partial charge is 0.454 e. The van der Waals surface area contributed by atoms with E-state index in [1.54, 1.807) is 13.8 Å². The summed E-state index contributed by atoms with van der Waals surface area (Å²) in [5.41, 5.74) is 3.83. The van der Waals surface area contributed by atoms with Crippen LogP contribution in [0, 0.1) is 0 Å². The smallest absolute Gasteiger partial charge is 0.407 e. The maximum Gasteiger partial charge on any atom is 0.407 e. The van der Waals surface area contributed by atoms with Crippen LogP contribution in [-0.2, 0) is 14.3 Å². The molecule has 0 fully saturated rings. The fourth-order valence-corrected chi connectivity index (χ4v) is 3.16. The summed E-state index contributed by atoms with van der Waals surface area (Å²) in [6.45, 7) is 6.97. The van der Waals surface area contributed by atoms with Gasteiger partial charge < -0.3 is 14.8 Å². The average molecular weight is 365 g/mol. The van der Waals surface area contributed by atoms with Gasteiger partial charge in [0.15, 0.2) is 0 Å². The lowest BCUT2D eigenvalue weighted by Crippen LogP contribution is -2.35. The van der Waals surface area contributed by atoms with Crippen LogP contribution in [0.4, 0.5) is 4.79 Å². The molecule has 140 valence electrons. The van der Waals surface area contributed by atoms with Crippen LogP contribution < -0.4 is 5.32 Å². The summed E-state index contributed by atoms with van der Waals surface area (Å²) < 4.78 is 10.5. The Labute approximate surface area is 159 Å². The summed E-state index contributed by atoms with van der Waals surface area (Å²) in [5.74, 6) is -0.566. The summed E-state index contributed by atoms with van der Waals surface area (Å²) in [6.07, 6.45) is 0.878. The molecule has 0 unspecified atom stereocenters. The van der Waals surface area contributed by atoms with Crippen molar-refractivity contribution in [3.05, 3.63) is 72.3 Å². The number of ether oxygens (including phenoxy) is 2. The summed E-state index contributed by atoms with van der Waals surface area (Å²) in [6, 6.07) is 16.2. The van der Waals surface area contributed by atoms with E-state index in [2.05, 4.69) is 36.2 Å². The molecule has 0 aromatic heterocycles. The highest BCUT2D eigenvalue weighted by atomic mass is 16.6. The Morgan fingerprint density at radius 2 is 1.63 bits per heavy atom. The third kappa shape index (κ3) is 4.19. The number of benzene rings is 2. The predicted molar refractivity (Wildman–Crippen MR) is 103 cm³/mol. The van der Waals surface area contributed by atoms with Gasteiger partial charge in [-0.3, -0.25) is 4.79 Å². The molecule has 1 aliphatic carbocycles. The molecule has 0 aliphatic heterocycles. The lowest BCUT2D eigenvalue weighted by Gasteiger charge is -2.20. The van der Waals surface area contributed by atoms with E-state index in [0.717, 1.165) is 22.3 Å². The fraction of sp³-hybridized carbons (Fsp3) is 0.273. The van der Waals surface area contributed by atoms with Crippen molar-refractivity contribution in [3.63, 3.8) is 0 Å². The van der Waals surface area contributed by atoms with E-state index in [-0.39, 0.29) is 19.1 Å². The van der Waals surface area contributed by atoms with Crippen LogP contribution in [0.5, 0.6) is 0 Å². The molecular weight excluding hydrogens is 342 g/mol. The van der Waals surface area contributed by atoms with Crippen molar-refractivity contribution in [2.75, 3.05) is 13.2 Å². The van der Waals surface area contributed by atoms with E-state index in [1.807, 2.05) is 24.3 Å². The first-order chi connectivity index (χ1) is 12.9. The SMILES string of the molecule is C=CC(C)(C)OC(=O)CNC(=O)OCC1c2ccccc2-c2ccccc21. The highest BCUT2D eigenvalue weighted by molar-refractivity contribution is 5.80. The Morgan fingerprint density at radius 1 is 1.07 bits per heavy atom. The zero-order valence-electron chi connectivity index (χ0n) is 15.5. The van der Waals surface area contributed by atoms with Crippen molar-refractivity contribution < 1.29 is 19.1 Å². The third-order valence-electron chi connectivity index (χ3n) is 4.59. The molecule has 5 nitrogen and oxygen atoms in total. The normalized spacial score (nSPS) is 12.7. The predicted octanol–water partition coefficient (Wildman–Crippen LogP) is 4.03. The van der Waals surface area contributed by atoms with Crippen LogP contribution in [0.15, 0.2) is 61.2 Å². The second-order valence-corrected chi connectivity index (χ2v) is 6.96. The summed E-state index contributed by atoms with van der Waals surface area (Å²) >= 11 is 0. The van der Waals surface area contributed by atoms with E-state index >= 15 is 0 Å². The Hall–Kier alpha value is -3.08. The molecule has 3 rings (SSSR count). The Kier molecular flexibility index (Phi) is 5.31. The maximum atomic E-state index is 12.0. The number of fused-ring (bicyclic) bond motifs is 3. The molecule has 2 aromatic rings. The minimum absolute atomic E-state index is 0.0187. The number of carbonyl (C=O) groups is 2. The van der Waals surface area contributed by atoms with Crippen LogP contribution in [0.2, 0.25) is 0 Å². The summed E-state index contributed by atoms with van der Waals surface area (Å²) in [5, 5.41) is 2.43. The number of alkyl carbamates (subject to hydrolysis) is 1. The zero-order valence-corrected chi connectivity index (χ0v) is 15.5. The highest BCUT2D eigenvalue weighted by Gasteiger charge is 2.29. The van der Waals surface area contributed by atoms with E-state index in [0.29, 0.717) is 0 Å². The van der Waals surface area contributed by atoms with Crippen molar-refractivity contribution in [1.29, 1.82) is 0 Å². The van der Waals surface area contributed by atoms with Gasteiger partial charge in [-0.25, -0.2) is 4.79 Å². The van der Waals surface area contributed by atoms with Gasteiger partial charge in [-0.05, 0) is 42.2 Å². The van der Waals surface area contributed by atoms with Crippen molar-refractivity contribution in [3.8, 4) is 11.1 Å². The second kappa shape index (κ2) is 7.66. The first-order valence-corrected chi connectivity index (χ1v) is 8.85. The standard InChI is InChI=1S/C22H23NO4/c1-4-22(2,3)27-20(24)13-23-21(25)26-14-19-17-11-7-5-9-15(17)16-10-6-8-12-18(16)19/h4-12,19H,1,13-14H2,2-3H3,(H,23,25). The second-order valence-electron chi connectivity index (χ2n) is 6.96. The molecule has 0 radical (unpaired) electrons. The van der Waals surface area contributed by atoms with E-state index < -0.39 is 17.7 Å². The number of carbonyl (C=O) groups excluding carboxylic acids is 2. The molecule has 0 atom stereocenters. The molecule has 0 saturated carbocycles. The zero-order chi connectivity index (χ0) is 19.4. The monoisotopic (exact) mass is 365 g/mol. The molecule has 1 amide bonds. The van der Waals surface area contributed by atoms with Crippen LogP contribution in [0.25, 0.3) is 11.1 Å². The van der Waals surface area contributed by atoms with E-state index in [9.17, 15) is 9.59 Å². The number of amides is 1. The lowest BCUT2D eigenvalue weighted by molar-refractivity contribution is -0.151. The molecule has 0 spiro atoms. The molecule has 0 heterocycles. The van der Waals surface area contributed by atoms with Crippen LogP contribution >= 0.6 is 0 Å². The number of hydrogen-bond acceptors (Lipinski definition) is 4. The van der Waals surface area contributed by atoms with Crippen LogP contribution in [0.1, 0.15) is 30.9 Å². The molecule has 5 heteroatoms. The molecular formula is C22H23NO4. The molecule has 0 bridgehead atoms. The first-order valence-electron chi connectivity index (χ1n) is 8.85. The van der Waals surface area contributed by atoms with Gasteiger partial charge in [0.25, 0.3) is 0 Å². The van der Waals surface area contributed by atoms with Crippen molar-refractivity contribution in [2.24, 2.45) is 0 Å². The van der Waals surface area contributed by atoms with Crippen molar-refractivity contribution in [1.82, 2.24) is 5.32 Å². The Morgan fingerprint density at radius 3 is 2.19 bits per heavy atom. The van der Waals surface area contributed by atoms with Crippen molar-refractivity contribution in [2.45, 2.75) is 25.4 Å². The van der Waals surface area contributed by atoms with Gasteiger partial charge in [0.2, 0.25) is 0 Å². The van der Waals surface area contributed by atoms with Gasteiger partial charge >= 0.3 is 12.1 Å². The van der Waals surface area contributed by atoms with Crippen LogP contribution in [-0.4, -0.2) is 30.8 Å². The van der Waals surface area contributed by atoms with Gasteiger partial charge in [0.05, 0.1) is 0 Å². The van der Waals surface area contributed by atoms with Gasteiger partial charge in [-0.1, -0.05) is 55.1 Å². The van der Waals surface area contributed by atoms with E-state index in [1.165, 1.54) is 6.08 Å². The third-order valence-corrected chi connectivity index (χ3v) is 4.59. The van der Waals surface area contributed by atoms with Gasteiger partial charge in [-0.15, -0.1) is 0 Å². The average Bonchev–Trinajstić information content (AvgIpc) is 2.98. The minimum atomic E-state index is -0.778. The van der Waals surface area contributed by atoms with Gasteiger partial charge in [0.1, 0.15) is 18.8 Å². The number of esters is 1. The Bertz CT molecular complexity index is 827. The van der Waals surface area contributed by atoms with Crippen molar-refractivity contribution >= 4 is 12.1 Å². The number of nitrogens with one attached hydrogen (secondary N) is 1. The number of rotatable bonds is 6. The molecule has 2 aromatic carbocycles. The number of hydrogen-bond donors (Lipinski definition) is 1. The quantitative estimate of drug-likeness (QED) is 0.620. The molecule has 1 aliphatic rings. The first kappa shape index (κ1) is 18.7. The lowest BCUT2D eigenvalue weighted by atomic mass is 9.98. The molecule has 0 saturated heterocycles. The summed E-state index contributed by atoms with van der Waals surface area (Å²) in [4.78, 5) is 23.8. The minimum Gasteiger partial charge on any atom is -0.454 e. The fourth-order valence-electron chi connectivity index (χ4n) is 3.16.